The van der Waals surface area contributed by atoms with Crippen LogP contribution >= 0.6 is 0 Å². The highest BCUT2D eigenvalue weighted by Gasteiger charge is 2.44. The Morgan fingerprint density at radius 1 is 1.00 bits per heavy atom. The van der Waals surface area contributed by atoms with Gasteiger partial charge in [-0.3, -0.25) is 10.1 Å². The highest BCUT2D eigenvalue weighted by Crippen LogP contribution is 2.40. The van der Waals surface area contributed by atoms with Gasteiger partial charge < -0.3 is 9.47 Å². The molecule has 0 aromatic heterocycles. The first-order chi connectivity index (χ1) is 14.4. The van der Waals surface area contributed by atoms with Crippen LogP contribution in [0, 0.1) is 5.41 Å². The zero-order valence-corrected chi connectivity index (χ0v) is 17.9. The maximum atomic E-state index is 12.5. The molecule has 1 fully saturated rings. The van der Waals surface area contributed by atoms with Crippen LogP contribution < -0.4 is 5.32 Å². The van der Waals surface area contributed by atoms with Crippen LogP contribution in [-0.4, -0.2) is 18.7 Å². The van der Waals surface area contributed by atoms with Crippen molar-refractivity contribution in [2.45, 2.75) is 45.6 Å². The Labute approximate surface area is 178 Å². The Hall–Kier alpha value is -2.69. The van der Waals surface area contributed by atoms with Crippen molar-refractivity contribution in [2.75, 3.05) is 6.54 Å². The summed E-state index contributed by atoms with van der Waals surface area (Å²) in [6.07, 6.45) is 0.182. The van der Waals surface area contributed by atoms with Gasteiger partial charge >= 0.3 is 5.97 Å². The number of fused-ring (bicyclic) bond motifs is 1. The van der Waals surface area contributed by atoms with Crippen LogP contribution in [0.1, 0.15) is 38.3 Å². The van der Waals surface area contributed by atoms with E-state index in [1.54, 1.807) is 0 Å². The minimum absolute atomic E-state index is 0.211. The second kappa shape index (κ2) is 8.21. The molecule has 3 aromatic rings. The van der Waals surface area contributed by atoms with Crippen LogP contribution in [0.25, 0.3) is 10.8 Å². The summed E-state index contributed by atoms with van der Waals surface area (Å²) in [4.78, 5) is 12.5. The van der Waals surface area contributed by atoms with Gasteiger partial charge in [0.2, 0.25) is 0 Å². The number of nitrogens with one attached hydrogen (secondary N) is 1. The van der Waals surface area contributed by atoms with Crippen LogP contribution in [0.2, 0.25) is 0 Å². The molecule has 1 heterocycles. The van der Waals surface area contributed by atoms with E-state index in [1.807, 2.05) is 45.0 Å². The molecule has 0 amide bonds. The number of carbonyl (C=O) groups is 1. The summed E-state index contributed by atoms with van der Waals surface area (Å²) in [5, 5.41) is 5.72. The maximum Gasteiger partial charge on any atom is 0.312 e. The van der Waals surface area contributed by atoms with Crippen molar-refractivity contribution < 1.29 is 14.3 Å². The van der Waals surface area contributed by atoms with Crippen molar-refractivity contribution in [3.05, 3.63) is 83.9 Å². The first kappa shape index (κ1) is 20.6. The summed E-state index contributed by atoms with van der Waals surface area (Å²) in [6.45, 7) is 6.68. The van der Waals surface area contributed by atoms with E-state index < -0.39 is 11.0 Å². The Morgan fingerprint density at radius 3 is 2.47 bits per heavy atom. The molecule has 1 N–H and O–H groups in total. The molecule has 0 radical (unpaired) electrons. The van der Waals surface area contributed by atoms with Gasteiger partial charge in [-0.25, -0.2) is 0 Å². The number of rotatable bonds is 5. The molecule has 4 nitrogen and oxygen atoms in total. The normalized spacial score (nSPS) is 21.6. The molecule has 0 bridgehead atoms. The minimum atomic E-state index is -0.584. The van der Waals surface area contributed by atoms with E-state index in [1.165, 1.54) is 5.39 Å². The lowest BCUT2D eigenvalue weighted by Gasteiger charge is -2.31. The van der Waals surface area contributed by atoms with Crippen LogP contribution in [0.15, 0.2) is 72.8 Å². The van der Waals surface area contributed by atoms with E-state index in [9.17, 15) is 4.79 Å². The first-order valence-corrected chi connectivity index (χ1v) is 10.5. The predicted octanol–water partition coefficient (Wildman–Crippen LogP) is 5.16. The van der Waals surface area contributed by atoms with Crippen LogP contribution in [0.5, 0.6) is 0 Å². The molecule has 30 heavy (non-hydrogen) atoms. The topological polar surface area (TPSA) is 47.6 Å². The van der Waals surface area contributed by atoms with Crippen LogP contribution in [0.4, 0.5) is 0 Å². The summed E-state index contributed by atoms with van der Waals surface area (Å²) in [5.74, 6) is -0.211. The van der Waals surface area contributed by atoms with Crippen molar-refractivity contribution >= 4 is 16.7 Å². The Morgan fingerprint density at radius 2 is 1.70 bits per heavy atom. The Balaban J connectivity index is 1.66. The summed E-state index contributed by atoms with van der Waals surface area (Å²) >= 11 is 0. The SMILES string of the molecule is CC(C)(C)C(=O)OC1CC(OCc2ccccc2)(c2cccc3ccccc23)CN1. The fourth-order valence-corrected chi connectivity index (χ4v) is 3.92. The zero-order valence-electron chi connectivity index (χ0n) is 17.9. The molecule has 4 rings (SSSR count). The lowest BCUT2D eigenvalue weighted by atomic mass is 9.88. The van der Waals surface area contributed by atoms with Gasteiger partial charge in [0.05, 0.1) is 12.0 Å². The molecule has 2 unspecified atom stereocenters. The summed E-state index contributed by atoms with van der Waals surface area (Å²) in [5.41, 5.74) is 1.11. The Bertz CT molecular complexity index is 1020. The second-order valence-electron chi connectivity index (χ2n) is 9.02. The fourth-order valence-electron chi connectivity index (χ4n) is 3.92. The average Bonchev–Trinajstić information content (AvgIpc) is 3.16. The summed E-state index contributed by atoms with van der Waals surface area (Å²) in [6, 6.07) is 24.8. The second-order valence-corrected chi connectivity index (χ2v) is 9.02. The predicted molar refractivity (Wildman–Crippen MR) is 119 cm³/mol. The van der Waals surface area contributed by atoms with Crippen LogP contribution in [0.3, 0.4) is 0 Å². The van der Waals surface area contributed by atoms with E-state index in [2.05, 4.69) is 53.8 Å². The van der Waals surface area contributed by atoms with Gasteiger partial charge in [-0.15, -0.1) is 0 Å². The number of carbonyl (C=O) groups excluding carboxylic acids is 1. The number of ether oxygens (including phenoxy) is 2. The van der Waals surface area contributed by atoms with Crippen molar-refractivity contribution in [1.29, 1.82) is 0 Å². The zero-order chi connectivity index (χ0) is 21.2. The third-order valence-electron chi connectivity index (χ3n) is 5.63. The first-order valence-electron chi connectivity index (χ1n) is 10.5. The van der Waals surface area contributed by atoms with Gasteiger partial charge in [-0.1, -0.05) is 72.8 Å². The molecule has 3 aromatic carbocycles. The highest BCUT2D eigenvalue weighted by molar-refractivity contribution is 5.86. The third-order valence-corrected chi connectivity index (χ3v) is 5.63. The summed E-state index contributed by atoms with van der Waals surface area (Å²) in [7, 11) is 0. The van der Waals surface area contributed by atoms with Gasteiger partial charge in [-0.2, -0.15) is 0 Å². The lowest BCUT2D eigenvalue weighted by molar-refractivity contribution is -0.160. The standard InChI is InChI=1S/C26H29NO3/c1-25(2,3)24(28)30-23-16-26(18-27-23,29-17-19-10-5-4-6-11-19)22-15-9-13-20-12-7-8-14-21(20)22/h4-15,23,27H,16-18H2,1-3H3. The van der Waals surface area contributed by atoms with E-state index in [-0.39, 0.29) is 12.2 Å². The van der Waals surface area contributed by atoms with Gasteiger partial charge in [0, 0.05) is 13.0 Å². The van der Waals surface area contributed by atoms with Crippen molar-refractivity contribution in [3.63, 3.8) is 0 Å². The number of esters is 1. The maximum absolute atomic E-state index is 12.5. The van der Waals surface area contributed by atoms with Crippen LogP contribution in [-0.2, 0) is 26.5 Å². The van der Waals surface area contributed by atoms with E-state index in [0.29, 0.717) is 19.6 Å². The average molecular weight is 404 g/mol. The highest BCUT2D eigenvalue weighted by atomic mass is 16.6. The quantitative estimate of drug-likeness (QED) is 0.598. The molecule has 0 spiro atoms. The van der Waals surface area contributed by atoms with Gasteiger partial charge in [-0.05, 0) is 42.7 Å². The Kier molecular flexibility index (Phi) is 5.63. The lowest BCUT2D eigenvalue weighted by Crippen LogP contribution is -2.33. The summed E-state index contributed by atoms with van der Waals surface area (Å²) < 4.78 is 12.4. The molecule has 0 aliphatic carbocycles. The largest absolute Gasteiger partial charge is 0.446 e. The minimum Gasteiger partial charge on any atom is -0.446 e. The van der Waals surface area contributed by atoms with Crippen molar-refractivity contribution in [3.8, 4) is 0 Å². The monoisotopic (exact) mass is 403 g/mol. The number of benzene rings is 3. The van der Waals surface area contributed by atoms with Gasteiger partial charge in [0.25, 0.3) is 0 Å². The molecule has 1 aliphatic rings. The molecule has 156 valence electrons. The molecule has 0 saturated carbocycles. The molecular weight excluding hydrogens is 374 g/mol. The number of hydrogen-bond acceptors (Lipinski definition) is 4. The molecular formula is C26H29NO3. The third kappa shape index (κ3) is 4.25. The van der Waals surface area contributed by atoms with Gasteiger partial charge in [0.15, 0.2) is 6.23 Å². The van der Waals surface area contributed by atoms with E-state index >= 15 is 0 Å². The molecule has 1 aliphatic heterocycles. The van der Waals surface area contributed by atoms with Gasteiger partial charge in [0.1, 0.15) is 5.60 Å². The molecule has 1 saturated heterocycles. The van der Waals surface area contributed by atoms with Crippen molar-refractivity contribution in [1.82, 2.24) is 5.32 Å². The number of hydrogen-bond donors (Lipinski definition) is 1. The van der Waals surface area contributed by atoms with E-state index in [0.717, 1.165) is 16.5 Å². The fraction of sp³-hybridized carbons (Fsp3) is 0.346. The van der Waals surface area contributed by atoms with E-state index in [4.69, 9.17) is 9.47 Å². The molecule has 4 heteroatoms. The van der Waals surface area contributed by atoms with Crippen molar-refractivity contribution in [2.24, 2.45) is 5.41 Å². The molecule has 2 atom stereocenters. The smallest absolute Gasteiger partial charge is 0.312 e.